The largest absolute Gasteiger partial charge is 0.497 e. The van der Waals surface area contributed by atoms with Gasteiger partial charge in [0.25, 0.3) is 0 Å². The van der Waals surface area contributed by atoms with E-state index < -0.39 is 0 Å². The number of hydrogen-bond donors (Lipinski definition) is 0. The maximum atomic E-state index is 6.24. The van der Waals surface area contributed by atoms with Crippen molar-refractivity contribution >= 4 is 11.6 Å². The first-order valence-electron chi connectivity index (χ1n) is 4.82. The van der Waals surface area contributed by atoms with E-state index in [2.05, 4.69) is 20.8 Å². The van der Waals surface area contributed by atoms with E-state index in [4.69, 9.17) is 21.1 Å². The summed E-state index contributed by atoms with van der Waals surface area (Å²) in [5.74, 6) is 1.42. The summed E-state index contributed by atoms with van der Waals surface area (Å²) in [5, 5.41) is 0.658. The van der Waals surface area contributed by atoms with Crippen LogP contribution in [0.4, 0.5) is 0 Å². The van der Waals surface area contributed by atoms with Gasteiger partial charge in [0.1, 0.15) is 11.5 Å². The summed E-state index contributed by atoms with van der Waals surface area (Å²) in [6.07, 6.45) is 0. The fourth-order valence-corrected chi connectivity index (χ4v) is 1.85. The highest BCUT2D eigenvalue weighted by Crippen LogP contribution is 2.39. The van der Waals surface area contributed by atoms with Crippen molar-refractivity contribution in [3.8, 4) is 11.5 Å². The lowest BCUT2D eigenvalue weighted by molar-refractivity contribution is 0.391. The molecule has 0 atom stereocenters. The van der Waals surface area contributed by atoms with Crippen LogP contribution >= 0.6 is 11.6 Å². The van der Waals surface area contributed by atoms with Gasteiger partial charge >= 0.3 is 0 Å². The van der Waals surface area contributed by atoms with E-state index in [1.807, 2.05) is 6.07 Å². The molecule has 0 unspecified atom stereocenters. The van der Waals surface area contributed by atoms with Gasteiger partial charge in [-0.2, -0.15) is 0 Å². The molecule has 0 aromatic heterocycles. The summed E-state index contributed by atoms with van der Waals surface area (Å²) in [7, 11) is 3.24. The van der Waals surface area contributed by atoms with Crippen LogP contribution in [-0.4, -0.2) is 14.2 Å². The number of rotatable bonds is 2. The first-order chi connectivity index (χ1) is 6.90. The summed E-state index contributed by atoms with van der Waals surface area (Å²) >= 11 is 6.24. The number of methoxy groups -OCH3 is 2. The van der Waals surface area contributed by atoms with Gasteiger partial charge < -0.3 is 9.47 Å². The Morgan fingerprint density at radius 2 is 1.67 bits per heavy atom. The van der Waals surface area contributed by atoms with Gasteiger partial charge in [-0.3, -0.25) is 0 Å². The second-order valence-electron chi connectivity index (χ2n) is 4.44. The average Bonchev–Trinajstić information content (AvgIpc) is 2.16. The third-order valence-corrected chi connectivity index (χ3v) is 2.67. The molecular weight excluding hydrogens is 212 g/mol. The Morgan fingerprint density at radius 1 is 1.07 bits per heavy atom. The van der Waals surface area contributed by atoms with Crippen LogP contribution in [0.15, 0.2) is 12.1 Å². The van der Waals surface area contributed by atoms with Crippen LogP contribution in [0.25, 0.3) is 0 Å². The van der Waals surface area contributed by atoms with E-state index in [1.165, 1.54) is 0 Å². The minimum absolute atomic E-state index is 0.0289. The number of benzene rings is 1. The molecular formula is C12H17ClO2. The van der Waals surface area contributed by atoms with Crippen LogP contribution < -0.4 is 9.47 Å². The molecule has 15 heavy (non-hydrogen) atoms. The predicted octanol–water partition coefficient (Wildman–Crippen LogP) is 3.65. The second kappa shape index (κ2) is 4.31. The summed E-state index contributed by atoms with van der Waals surface area (Å²) in [6, 6.07) is 3.74. The number of halogens is 1. The van der Waals surface area contributed by atoms with Gasteiger partial charge in [-0.05, 0) is 17.0 Å². The van der Waals surface area contributed by atoms with Crippen molar-refractivity contribution in [1.82, 2.24) is 0 Å². The Kier molecular flexibility index (Phi) is 3.50. The molecule has 0 saturated carbocycles. The topological polar surface area (TPSA) is 18.5 Å². The van der Waals surface area contributed by atoms with Crippen molar-refractivity contribution in [3.63, 3.8) is 0 Å². The van der Waals surface area contributed by atoms with Gasteiger partial charge in [-0.15, -0.1) is 0 Å². The van der Waals surface area contributed by atoms with Crippen molar-refractivity contribution in [2.45, 2.75) is 26.2 Å². The van der Waals surface area contributed by atoms with Gasteiger partial charge in [0.15, 0.2) is 0 Å². The molecule has 0 radical (unpaired) electrons. The standard InChI is InChI=1S/C12H17ClO2/c1-12(2,3)9-6-8(14-4)7-10(15-5)11(9)13/h6-7H,1-5H3. The molecule has 0 saturated heterocycles. The van der Waals surface area contributed by atoms with Crippen LogP contribution in [-0.2, 0) is 5.41 Å². The molecule has 3 heteroatoms. The lowest BCUT2D eigenvalue weighted by Gasteiger charge is -2.22. The Morgan fingerprint density at radius 3 is 2.07 bits per heavy atom. The highest BCUT2D eigenvalue weighted by atomic mass is 35.5. The summed E-state index contributed by atoms with van der Waals surface area (Å²) in [6.45, 7) is 6.31. The minimum Gasteiger partial charge on any atom is -0.497 e. The van der Waals surface area contributed by atoms with Crippen molar-refractivity contribution in [3.05, 3.63) is 22.7 Å². The smallest absolute Gasteiger partial charge is 0.141 e. The van der Waals surface area contributed by atoms with Crippen LogP contribution in [0.5, 0.6) is 11.5 Å². The van der Waals surface area contributed by atoms with Crippen molar-refractivity contribution in [1.29, 1.82) is 0 Å². The molecule has 0 heterocycles. The molecule has 1 aromatic rings. The zero-order valence-electron chi connectivity index (χ0n) is 9.85. The van der Waals surface area contributed by atoms with E-state index in [9.17, 15) is 0 Å². The molecule has 0 aliphatic rings. The van der Waals surface area contributed by atoms with Crippen molar-refractivity contribution < 1.29 is 9.47 Å². The van der Waals surface area contributed by atoms with Crippen molar-refractivity contribution in [2.24, 2.45) is 0 Å². The third-order valence-electron chi connectivity index (χ3n) is 2.28. The monoisotopic (exact) mass is 228 g/mol. The first kappa shape index (κ1) is 12.2. The summed E-state index contributed by atoms with van der Waals surface area (Å²) in [5.41, 5.74) is 0.999. The highest BCUT2D eigenvalue weighted by Gasteiger charge is 2.21. The molecule has 0 bridgehead atoms. The first-order valence-corrected chi connectivity index (χ1v) is 5.20. The zero-order chi connectivity index (χ0) is 11.6. The van der Waals surface area contributed by atoms with Gasteiger partial charge in [0, 0.05) is 6.07 Å². The quantitative estimate of drug-likeness (QED) is 0.769. The van der Waals surface area contributed by atoms with E-state index in [0.717, 1.165) is 11.3 Å². The van der Waals surface area contributed by atoms with E-state index in [0.29, 0.717) is 10.8 Å². The molecule has 0 aliphatic heterocycles. The average molecular weight is 229 g/mol. The molecule has 1 aromatic carbocycles. The predicted molar refractivity (Wildman–Crippen MR) is 63.3 cm³/mol. The minimum atomic E-state index is -0.0289. The van der Waals surface area contributed by atoms with Gasteiger partial charge in [-0.25, -0.2) is 0 Å². The third kappa shape index (κ3) is 2.57. The SMILES string of the molecule is COc1cc(OC)c(Cl)c(C(C)(C)C)c1. The Balaban J connectivity index is 3.37. The molecule has 1 rings (SSSR count). The van der Waals surface area contributed by atoms with Gasteiger partial charge in [-0.1, -0.05) is 32.4 Å². The van der Waals surface area contributed by atoms with Crippen LogP contribution in [0, 0.1) is 0 Å². The maximum Gasteiger partial charge on any atom is 0.141 e. The van der Waals surface area contributed by atoms with Gasteiger partial charge in [0.05, 0.1) is 19.2 Å². The lowest BCUT2D eigenvalue weighted by Crippen LogP contribution is -2.12. The van der Waals surface area contributed by atoms with Crippen LogP contribution in [0.1, 0.15) is 26.3 Å². The number of hydrogen-bond acceptors (Lipinski definition) is 2. The highest BCUT2D eigenvalue weighted by molar-refractivity contribution is 6.33. The molecule has 2 nitrogen and oxygen atoms in total. The fourth-order valence-electron chi connectivity index (χ4n) is 1.38. The molecule has 0 spiro atoms. The Labute approximate surface area is 96.2 Å². The normalized spacial score (nSPS) is 11.3. The Hall–Kier alpha value is -0.890. The molecule has 0 amide bonds. The number of ether oxygens (including phenoxy) is 2. The lowest BCUT2D eigenvalue weighted by atomic mass is 9.86. The molecule has 0 aliphatic carbocycles. The van der Waals surface area contributed by atoms with Gasteiger partial charge in [0.2, 0.25) is 0 Å². The van der Waals surface area contributed by atoms with E-state index in [1.54, 1.807) is 20.3 Å². The summed E-state index contributed by atoms with van der Waals surface area (Å²) in [4.78, 5) is 0. The van der Waals surface area contributed by atoms with E-state index in [-0.39, 0.29) is 5.41 Å². The summed E-state index contributed by atoms with van der Waals surface area (Å²) < 4.78 is 10.4. The van der Waals surface area contributed by atoms with Crippen LogP contribution in [0.3, 0.4) is 0 Å². The van der Waals surface area contributed by atoms with E-state index >= 15 is 0 Å². The van der Waals surface area contributed by atoms with Crippen LogP contribution in [0.2, 0.25) is 5.02 Å². The molecule has 0 fully saturated rings. The fraction of sp³-hybridized carbons (Fsp3) is 0.500. The van der Waals surface area contributed by atoms with Crippen molar-refractivity contribution in [2.75, 3.05) is 14.2 Å². The Bertz CT molecular complexity index is 353. The second-order valence-corrected chi connectivity index (χ2v) is 4.82. The maximum absolute atomic E-state index is 6.24. The zero-order valence-corrected chi connectivity index (χ0v) is 10.6. The molecule has 84 valence electrons. The molecule has 0 N–H and O–H groups in total.